The number of benzene rings is 1. The van der Waals surface area contributed by atoms with Crippen LogP contribution in [0, 0.1) is 0 Å². The molecular weight excluding hydrogens is 314 g/mol. The van der Waals surface area contributed by atoms with Gasteiger partial charge in [0.15, 0.2) is 5.13 Å². The minimum Gasteiger partial charge on any atom is -0.361 e. The van der Waals surface area contributed by atoms with Crippen LogP contribution in [0.4, 0.5) is 5.13 Å². The zero-order valence-electron chi connectivity index (χ0n) is 10.00. The number of fused-ring (bicyclic) bond motifs is 1. The molecule has 0 radical (unpaired) electrons. The third-order valence-electron chi connectivity index (χ3n) is 2.35. The number of aromatic nitrogens is 1. The lowest BCUT2D eigenvalue weighted by Crippen LogP contribution is -2.24. The summed E-state index contributed by atoms with van der Waals surface area (Å²) in [5.74, 6) is 0.0638. The first kappa shape index (κ1) is 13.3. The molecule has 96 valence electrons. The van der Waals surface area contributed by atoms with Gasteiger partial charge in [-0.1, -0.05) is 27.3 Å². The number of halogens is 1. The number of anilines is 1. The molecule has 0 aliphatic rings. The van der Waals surface area contributed by atoms with Crippen molar-refractivity contribution in [2.75, 3.05) is 18.4 Å². The average Bonchev–Trinajstić information content (AvgIpc) is 2.71. The molecule has 2 rings (SSSR count). The highest BCUT2D eigenvalue weighted by Crippen LogP contribution is 2.27. The molecule has 0 unspecified atom stereocenters. The molecule has 0 aliphatic heterocycles. The number of carbonyl (C=O) groups is 1. The largest absolute Gasteiger partial charge is 0.361 e. The first-order chi connectivity index (χ1) is 8.69. The maximum absolute atomic E-state index is 11.3. The normalized spacial score (nSPS) is 10.6. The number of hydrogen-bond acceptors (Lipinski definition) is 4. The van der Waals surface area contributed by atoms with Crippen molar-refractivity contribution in [1.82, 2.24) is 10.3 Å². The molecule has 1 heterocycles. The van der Waals surface area contributed by atoms with Crippen molar-refractivity contribution in [3.05, 3.63) is 22.7 Å². The molecule has 18 heavy (non-hydrogen) atoms. The summed E-state index contributed by atoms with van der Waals surface area (Å²) >= 11 is 5.02. The second-order valence-corrected chi connectivity index (χ2v) is 5.71. The van der Waals surface area contributed by atoms with Gasteiger partial charge in [-0.2, -0.15) is 0 Å². The molecule has 1 amide bonds. The Morgan fingerprint density at radius 2 is 2.33 bits per heavy atom. The number of carbonyl (C=O) groups excluding carboxylic acids is 1. The number of nitrogens with zero attached hydrogens (tertiary/aromatic N) is 1. The van der Waals surface area contributed by atoms with Gasteiger partial charge in [0, 0.05) is 24.0 Å². The number of rotatable bonds is 5. The fourth-order valence-corrected chi connectivity index (χ4v) is 2.77. The van der Waals surface area contributed by atoms with Crippen molar-refractivity contribution >= 4 is 48.5 Å². The maximum Gasteiger partial charge on any atom is 0.221 e. The van der Waals surface area contributed by atoms with Gasteiger partial charge in [-0.05, 0) is 25.1 Å². The fraction of sp³-hybridized carbons (Fsp3) is 0.333. The van der Waals surface area contributed by atoms with E-state index in [9.17, 15) is 4.79 Å². The van der Waals surface area contributed by atoms with E-state index in [1.54, 1.807) is 11.3 Å². The van der Waals surface area contributed by atoms with Crippen LogP contribution in [0.1, 0.15) is 13.3 Å². The van der Waals surface area contributed by atoms with Crippen LogP contribution in [-0.2, 0) is 4.79 Å². The second kappa shape index (κ2) is 6.15. The third-order valence-corrected chi connectivity index (χ3v) is 3.84. The summed E-state index contributed by atoms with van der Waals surface area (Å²) in [6.07, 6.45) is 0.466. The molecule has 2 aromatic rings. The van der Waals surface area contributed by atoms with Crippen molar-refractivity contribution in [2.24, 2.45) is 0 Å². The summed E-state index contributed by atoms with van der Waals surface area (Å²) in [7, 11) is 0. The first-order valence-electron chi connectivity index (χ1n) is 5.75. The quantitative estimate of drug-likeness (QED) is 0.887. The van der Waals surface area contributed by atoms with Crippen LogP contribution in [0.5, 0.6) is 0 Å². The van der Waals surface area contributed by atoms with Crippen LogP contribution in [0.2, 0.25) is 0 Å². The maximum atomic E-state index is 11.3. The van der Waals surface area contributed by atoms with Gasteiger partial charge in [-0.25, -0.2) is 4.98 Å². The standard InChI is InChI=1S/C12H14BrN3OS/c1-2-14-11(17)5-6-15-12-16-9-7-8(13)3-4-10(9)18-12/h3-4,7H,2,5-6H2,1H3,(H,14,17)(H,15,16). The zero-order chi connectivity index (χ0) is 13.0. The zero-order valence-corrected chi connectivity index (χ0v) is 12.4. The van der Waals surface area contributed by atoms with E-state index in [2.05, 4.69) is 31.5 Å². The highest BCUT2D eigenvalue weighted by molar-refractivity contribution is 9.10. The van der Waals surface area contributed by atoms with Crippen molar-refractivity contribution in [1.29, 1.82) is 0 Å². The fourth-order valence-electron chi connectivity index (χ4n) is 1.54. The van der Waals surface area contributed by atoms with Gasteiger partial charge in [0.2, 0.25) is 5.91 Å². The van der Waals surface area contributed by atoms with E-state index in [1.807, 2.05) is 25.1 Å². The molecule has 0 atom stereocenters. The van der Waals surface area contributed by atoms with Crippen LogP contribution in [-0.4, -0.2) is 24.0 Å². The molecule has 1 aromatic heterocycles. The van der Waals surface area contributed by atoms with Gasteiger partial charge < -0.3 is 10.6 Å². The molecule has 2 N–H and O–H groups in total. The minimum absolute atomic E-state index is 0.0638. The molecule has 0 saturated heterocycles. The lowest BCUT2D eigenvalue weighted by atomic mass is 10.3. The molecule has 0 fully saturated rings. The second-order valence-electron chi connectivity index (χ2n) is 3.76. The Morgan fingerprint density at radius 1 is 1.50 bits per heavy atom. The Hall–Kier alpha value is -1.14. The number of amides is 1. The summed E-state index contributed by atoms with van der Waals surface area (Å²) < 4.78 is 2.16. The van der Waals surface area contributed by atoms with Gasteiger partial charge in [0.1, 0.15) is 0 Å². The Bertz CT molecular complexity index is 555. The van der Waals surface area contributed by atoms with E-state index >= 15 is 0 Å². The monoisotopic (exact) mass is 327 g/mol. The van der Waals surface area contributed by atoms with Crippen LogP contribution < -0.4 is 10.6 Å². The predicted molar refractivity (Wildman–Crippen MR) is 79.1 cm³/mol. The Labute approximate surface area is 118 Å². The van der Waals surface area contributed by atoms with Gasteiger partial charge >= 0.3 is 0 Å². The predicted octanol–water partition coefficient (Wildman–Crippen LogP) is 3.00. The highest BCUT2D eigenvalue weighted by Gasteiger charge is 2.04. The first-order valence-corrected chi connectivity index (χ1v) is 7.36. The smallest absolute Gasteiger partial charge is 0.221 e. The van der Waals surface area contributed by atoms with Crippen molar-refractivity contribution in [2.45, 2.75) is 13.3 Å². The van der Waals surface area contributed by atoms with E-state index in [-0.39, 0.29) is 5.91 Å². The molecule has 0 saturated carbocycles. The van der Waals surface area contributed by atoms with Crippen molar-refractivity contribution in [3.8, 4) is 0 Å². The molecular formula is C12H14BrN3OS. The Kier molecular flexibility index (Phi) is 4.54. The van der Waals surface area contributed by atoms with E-state index in [4.69, 9.17) is 0 Å². The van der Waals surface area contributed by atoms with Gasteiger partial charge in [-0.15, -0.1) is 0 Å². The topological polar surface area (TPSA) is 54.0 Å². The van der Waals surface area contributed by atoms with Crippen LogP contribution in [0.25, 0.3) is 10.2 Å². The summed E-state index contributed by atoms with van der Waals surface area (Å²) in [6.45, 7) is 3.19. The summed E-state index contributed by atoms with van der Waals surface area (Å²) in [6, 6.07) is 6.02. The number of nitrogens with one attached hydrogen (secondary N) is 2. The molecule has 4 nitrogen and oxygen atoms in total. The molecule has 0 bridgehead atoms. The molecule has 0 aliphatic carbocycles. The van der Waals surface area contributed by atoms with Crippen LogP contribution in [0.15, 0.2) is 22.7 Å². The molecule has 0 spiro atoms. The summed E-state index contributed by atoms with van der Waals surface area (Å²) in [5, 5.41) is 6.79. The third kappa shape index (κ3) is 3.43. The van der Waals surface area contributed by atoms with E-state index in [0.29, 0.717) is 19.5 Å². The van der Waals surface area contributed by atoms with Gasteiger partial charge in [0.25, 0.3) is 0 Å². The van der Waals surface area contributed by atoms with Crippen molar-refractivity contribution in [3.63, 3.8) is 0 Å². The van der Waals surface area contributed by atoms with Crippen LogP contribution in [0.3, 0.4) is 0 Å². The van der Waals surface area contributed by atoms with E-state index < -0.39 is 0 Å². The average molecular weight is 328 g/mol. The van der Waals surface area contributed by atoms with Gasteiger partial charge in [0.05, 0.1) is 10.2 Å². The highest BCUT2D eigenvalue weighted by atomic mass is 79.9. The Balaban J connectivity index is 1.94. The SMILES string of the molecule is CCNC(=O)CCNc1nc2cc(Br)ccc2s1. The number of hydrogen-bond donors (Lipinski definition) is 2. The van der Waals surface area contributed by atoms with Crippen LogP contribution >= 0.6 is 27.3 Å². The Morgan fingerprint density at radius 3 is 3.11 bits per heavy atom. The summed E-state index contributed by atoms with van der Waals surface area (Å²) in [4.78, 5) is 15.7. The van der Waals surface area contributed by atoms with E-state index in [1.165, 1.54) is 0 Å². The van der Waals surface area contributed by atoms with E-state index in [0.717, 1.165) is 19.8 Å². The minimum atomic E-state index is 0.0638. The van der Waals surface area contributed by atoms with Gasteiger partial charge in [-0.3, -0.25) is 4.79 Å². The molecule has 6 heteroatoms. The lowest BCUT2D eigenvalue weighted by molar-refractivity contribution is -0.120. The lowest BCUT2D eigenvalue weighted by Gasteiger charge is -2.02. The summed E-state index contributed by atoms with van der Waals surface area (Å²) in [5.41, 5.74) is 0.967. The molecule has 1 aromatic carbocycles. The van der Waals surface area contributed by atoms with Crippen molar-refractivity contribution < 1.29 is 4.79 Å². The number of thiazole rings is 1.